The number of carbonyl (C=O) groups excluding carboxylic acids is 1. The summed E-state index contributed by atoms with van der Waals surface area (Å²) >= 11 is 1.43. The first kappa shape index (κ1) is 26.8. The highest BCUT2D eigenvalue weighted by atomic mass is 32.2. The lowest BCUT2D eigenvalue weighted by molar-refractivity contribution is -0.116. The first-order valence-corrected chi connectivity index (χ1v) is 14.7. The quantitative estimate of drug-likeness (QED) is 0.334. The number of thioether (sulfide) groups is 1. The molecule has 14 heteroatoms. The summed E-state index contributed by atoms with van der Waals surface area (Å²) in [5.41, 5.74) is 1.06. The molecule has 0 saturated heterocycles. The summed E-state index contributed by atoms with van der Waals surface area (Å²) in [6.07, 6.45) is 1.59. The normalized spacial score (nSPS) is 15.4. The number of sulfonamides is 1. The molecule has 0 radical (unpaired) electrons. The molecule has 2 N–H and O–H groups in total. The molecule has 204 valence electrons. The molecule has 0 aliphatic carbocycles. The minimum Gasteiger partial charge on any atom is -0.326 e. The van der Waals surface area contributed by atoms with Crippen molar-refractivity contribution < 1.29 is 13.2 Å². The standard InChI is InChI=1S/C25H28N8O4S2/c1-14-10-20(28-15(2)27-14)31-39(36,37)18-8-6-16(7-9-18)29-21(34)11-17-13-38-24-30-22-19(23(35)32(17)24)12-26-33(22)25(3,4)5/h6-10,12,17H,11,13H2,1-5H3,(H,29,34)(H,27,28,31). The minimum absolute atomic E-state index is 0.0213. The van der Waals surface area contributed by atoms with Crippen LogP contribution in [0.3, 0.4) is 0 Å². The number of nitrogens with zero attached hydrogens (tertiary/aromatic N) is 6. The molecule has 39 heavy (non-hydrogen) atoms. The van der Waals surface area contributed by atoms with Crippen LogP contribution in [0, 0.1) is 13.8 Å². The van der Waals surface area contributed by atoms with Crippen LogP contribution in [0.25, 0.3) is 11.0 Å². The van der Waals surface area contributed by atoms with Gasteiger partial charge in [-0.25, -0.2) is 28.1 Å². The number of carbonyl (C=O) groups is 1. The maximum atomic E-state index is 13.3. The van der Waals surface area contributed by atoms with Gasteiger partial charge in [0.1, 0.15) is 17.0 Å². The van der Waals surface area contributed by atoms with Crippen LogP contribution >= 0.6 is 11.8 Å². The van der Waals surface area contributed by atoms with Crippen molar-refractivity contribution in [2.24, 2.45) is 0 Å². The molecule has 1 atom stereocenters. The van der Waals surface area contributed by atoms with Crippen molar-refractivity contribution in [2.75, 3.05) is 15.8 Å². The minimum atomic E-state index is -3.88. The van der Waals surface area contributed by atoms with Gasteiger partial charge in [-0.1, -0.05) is 11.8 Å². The highest BCUT2D eigenvalue weighted by molar-refractivity contribution is 7.99. The summed E-state index contributed by atoms with van der Waals surface area (Å²) in [6, 6.07) is 7.00. The SMILES string of the molecule is Cc1cc(NS(=O)(=O)c2ccc(NC(=O)CC3CSc4nc5c(cnn5C(C)(C)C)c(=O)n43)cc2)nc(C)n1. The number of aryl methyl sites for hydroxylation is 2. The fourth-order valence-electron chi connectivity index (χ4n) is 4.38. The number of nitrogens with one attached hydrogen (secondary N) is 2. The van der Waals surface area contributed by atoms with E-state index >= 15 is 0 Å². The second-order valence-corrected chi connectivity index (χ2v) is 13.0. The Morgan fingerprint density at radius 2 is 1.85 bits per heavy atom. The molecule has 0 spiro atoms. The smallest absolute Gasteiger partial charge is 0.265 e. The zero-order valence-electron chi connectivity index (χ0n) is 22.1. The molecule has 4 aromatic rings. The zero-order chi connectivity index (χ0) is 28.1. The van der Waals surface area contributed by atoms with Crippen molar-refractivity contribution >= 4 is 50.2 Å². The molecule has 1 aromatic carbocycles. The van der Waals surface area contributed by atoms with E-state index in [1.807, 2.05) is 20.8 Å². The van der Waals surface area contributed by atoms with Crippen molar-refractivity contribution in [1.29, 1.82) is 0 Å². The van der Waals surface area contributed by atoms with E-state index in [1.165, 1.54) is 42.2 Å². The van der Waals surface area contributed by atoms with Gasteiger partial charge in [-0.05, 0) is 58.9 Å². The van der Waals surface area contributed by atoms with Gasteiger partial charge >= 0.3 is 0 Å². The van der Waals surface area contributed by atoms with Gasteiger partial charge in [-0.15, -0.1) is 0 Å². The van der Waals surface area contributed by atoms with E-state index in [0.717, 1.165) is 0 Å². The summed E-state index contributed by atoms with van der Waals surface area (Å²) in [5.74, 6) is 0.874. The number of amides is 1. The first-order chi connectivity index (χ1) is 18.3. The lowest BCUT2D eigenvalue weighted by Gasteiger charge is -2.20. The molecule has 1 aliphatic rings. The number of rotatable bonds is 6. The van der Waals surface area contributed by atoms with E-state index in [0.29, 0.717) is 39.1 Å². The largest absolute Gasteiger partial charge is 0.326 e. The van der Waals surface area contributed by atoms with Crippen LogP contribution in [0.2, 0.25) is 0 Å². The third-order valence-corrected chi connectivity index (χ3v) is 8.55. The van der Waals surface area contributed by atoms with E-state index in [2.05, 4.69) is 30.1 Å². The molecule has 12 nitrogen and oxygen atoms in total. The summed E-state index contributed by atoms with van der Waals surface area (Å²) in [5, 5.41) is 8.13. The summed E-state index contributed by atoms with van der Waals surface area (Å²) in [4.78, 5) is 39.1. The number of aromatic nitrogens is 6. The monoisotopic (exact) mass is 568 g/mol. The van der Waals surface area contributed by atoms with Crippen LogP contribution < -0.4 is 15.6 Å². The Bertz CT molecular complexity index is 1740. The van der Waals surface area contributed by atoms with Crippen molar-refractivity contribution in [3.63, 3.8) is 0 Å². The highest BCUT2D eigenvalue weighted by Gasteiger charge is 2.30. The van der Waals surface area contributed by atoms with E-state index in [-0.39, 0.29) is 40.2 Å². The van der Waals surface area contributed by atoms with Crippen LogP contribution in [-0.4, -0.2) is 49.4 Å². The fourth-order valence-corrected chi connectivity index (χ4v) is 6.50. The fraction of sp³-hybridized carbons (Fsp3) is 0.360. The van der Waals surface area contributed by atoms with Crippen LogP contribution in [0.1, 0.15) is 44.8 Å². The number of hydrogen-bond acceptors (Lipinski definition) is 9. The molecule has 3 aromatic heterocycles. The Kier molecular flexibility index (Phi) is 6.71. The Balaban J connectivity index is 1.28. The molecular formula is C25H28N8O4S2. The number of anilines is 2. The van der Waals surface area contributed by atoms with Crippen molar-refractivity contribution in [2.45, 2.75) is 62.7 Å². The average molecular weight is 569 g/mol. The van der Waals surface area contributed by atoms with Gasteiger partial charge in [0.15, 0.2) is 10.8 Å². The second-order valence-electron chi connectivity index (χ2n) is 10.3. The lowest BCUT2D eigenvalue weighted by Crippen LogP contribution is -2.29. The second kappa shape index (κ2) is 9.75. The van der Waals surface area contributed by atoms with Crippen molar-refractivity contribution in [3.8, 4) is 0 Å². The van der Waals surface area contributed by atoms with E-state index in [9.17, 15) is 18.0 Å². The van der Waals surface area contributed by atoms with Gasteiger partial charge in [0, 0.05) is 29.6 Å². The van der Waals surface area contributed by atoms with Crippen LogP contribution in [0.15, 0.2) is 51.4 Å². The Morgan fingerprint density at radius 3 is 2.51 bits per heavy atom. The Hall–Kier alpha value is -3.78. The number of fused-ring (bicyclic) bond motifs is 2. The molecule has 1 unspecified atom stereocenters. The third-order valence-electron chi connectivity index (χ3n) is 6.08. The van der Waals surface area contributed by atoms with E-state index in [1.54, 1.807) is 29.2 Å². The topological polar surface area (TPSA) is 154 Å². The molecule has 0 bridgehead atoms. The first-order valence-electron chi connectivity index (χ1n) is 12.2. The van der Waals surface area contributed by atoms with Gasteiger partial charge in [0.2, 0.25) is 5.91 Å². The number of benzene rings is 1. The van der Waals surface area contributed by atoms with Gasteiger partial charge in [-0.2, -0.15) is 5.10 Å². The summed E-state index contributed by atoms with van der Waals surface area (Å²) in [6.45, 7) is 9.40. The molecule has 1 amide bonds. The van der Waals surface area contributed by atoms with Crippen molar-refractivity contribution in [3.05, 3.63) is 58.4 Å². The highest BCUT2D eigenvalue weighted by Crippen LogP contribution is 2.34. The average Bonchev–Trinajstić information content (AvgIpc) is 3.43. The molecule has 1 aliphatic heterocycles. The van der Waals surface area contributed by atoms with Gasteiger partial charge < -0.3 is 5.32 Å². The maximum absolute atomic E-state index is 13.3. The molecule has 0 saturated carbocycles. The maximum Gasteiger partial charge on any atom is 0.265 e. The van der Waals surface area contributed by atoms with Gasteiger partial charge in [-0.3, -0.25) is 18.9 Å². The van der Waals surface area contributed by atoms with Crippen molar-refractivity contribution in [1.82, 2.24) is 29.3 Å². The Morgan fingerprint density at radius 1 is 1.13 bits per heavy atom. The third kappa shape index (κ3) is 5.39. The molecule has 5 rings (SSSR count). The molecular weight excluding hydrogens is 540 g/mol. The predicted octanol–water partition coefficient (Wildman–Crippen LogP) is 3.23. The predicted molar refractivity (Wildman–Crippen MR) is 149 cm³/mol. The Labute approximate surface area is 229 Å². The van der Waals surface area contributed by atoms with Crippen LogP contribution in [-0.2, 0) is 20.4 Å². The van der Waals surface area contributed by atoms with Crippen LogP contribution in [0.4, 0.5) is 11.5 Å². The zero-order valence-corrected chi connectivity index (χ0v) is 23.7. The molecule has 0 fully saturated rings. The lowest BCUT2D eigenvalue weighted by atomic mass is 10.1. The van der Waals surface area contributed by atoms with Crippen LogP contribution in [0.5, 0.6) is 0 Å². The van der Waals surface area contributed by atoms with E-state index in [4.69, 9.17) is 0 Å². The summed E-state index contributed by atoms with van der Waals surface area (Å²) in [7, 11) is -3.88. The van der Waals surface area contributed by atoms with Gasteiger partial charge in [0.05, 0.1) is 22.7 Å². The number of hydrogen-bond donors (Lipinski definition) is 2. The summed E-state index contributed by atoms with van der Waals surface area (Å²) < 4.78 is 31.3. The van der Waals surface area contributed by atoms with Gasteiger partial charge in [0.25, 0.3) is 15.6 Å². The molecule has 4 heterocycles. The van der Waals surface area contributed by atoms with E-state index < -0.39 is 10.0 Å².